The van der Waals surface area contributed by atoms with Crippen LogP contribution < -0.4 is 0 Å². The zero-order valence-electron chi connectivity index (χ0n) is 15.0. The third-order valence-corrected chi connectivity index (χ3v) is 5.90. The summed E-state index contributed by atoms with van der Waals surface area (Å²) in [5, 5.41) is 6.93. The van der Waals surface area contributed by atoms with Crippen LogP contribution in [-0.4, -0.2) is 62.5 Å². The van der Waals surface area contributed by atoms with E-state index in [-0.39, 0.29) is 11.3 Å². The van der Waals surface area contributed by atoms with Crippen LogP contribution >= 0.6 is 0 Å². The van der Waals surface area contributed by atoms with Crippen LogP contribution in [0, 0.1) is 12.3 Å². The van der Waals surface area contributed by atoms with Gasteiger partial charge in [0.05, 0.1) is 0 Å². The van der Waals surface area contributed by atoms with E-state index in [1.54, 1.807) is 0 Å². The molecule has 0 aromatic carbocycles. The fourth-order valence-electron chi connectivity index (χ4n) is 4.39. The molecule has 1 aromatic heterocycles. The highest BCUT2D eigenvalue weighted by molar-refractivity contribution is 5.78. The Morgan fingerprint density at radius 3 is 2.88 bits per heavy atom. The number of carbonyl (C=O) groups excluding carboxylic acids is 2. The molecule has 4 rings (SSSR count). The van der Waals surface area contributed by atoms with Crippen molar-refractivity contribution in [3.05, 3.63) is 11.6 Å². The van der Waals surface area contributed by atoms with E-state index < -0.39 is 0 Å². The quantitative estimate of drug-likeness (QED) is 0.895. The molecule has 2 amide bonds. The minimum absolute atomic E-state index is 0.117. The lowest BCUT2D eigenvalue weighted by molar-refractivity contribution is -0.143. The number of H-pyrrole nitrogens is 1. The van der Waals surface area contributed by atoms with Crippen LogP contribution in [0.1, 0.15) is 56.6 Å². The summed E-state index contributed by atoms with van der Waals surface area (Å²) in [6, 6.07) is 0.477. The zero-order valence-corrected chi connectivity index (χ0v) is 15.0. The van der Waals surface area contributed by atoms with Gasteiger partial charge in [-0.05, 0) is 39.0 Å². The Balaban J connectivity index is 1.36. The Hall–Kier alpha value is -1.92. The van der Waals surface area contributed by atoms with Gasteiger partial charge in [0.25, 0.3) is 0 Å². The topological polar surface area (TPSA) is 82.2 Å². The number of hydrogen-bond acceptors (Lipinski definition) is 4. The van der Waals surface area contributed by atoms with Crippen molar-refractivity contribution in [1.29, 1.82) is 0 Å². The normalized spacial score (nSPS) is 27.2. The summed E-state index contributed by atoms with van der Waals surface area (Å²) in [7, 11) is 0. The first-order valence-corrected chi connectivity index (χ1v) is 9.50. The molecule has 1 spiro atoms. The summed E-state index contributed by atoms with van der Waals surface area (Å²) >= 11 is 0. The highest BCUT2D eigenvalue weighted by atomic mass is 16.2. The maximum absolute atomic E-state index is 12.7. The van der Waals surface area contributed by atoms with Crippen molar-refractivity contribution in [3.8, 4) is 0 Å². The summed E-state index contributed by atoms with van der Waals surface area (Å²) in [5.41, 5.74) is 0.117. The van der Waals surface area contributed by atoms with E-state index in [2.05, 4.69) is 20.1 Å². The van der Waals surface area contributed by atoms with Gasteiger partial charge in [-0.3, -0.25) is 14.7 Å². The van der Waals surface area contributed by atoms with Crippen molar-refractivity contribution in [2.45, 2.75) is 64.3 Å². The monoisotopic (exact) mass is 345 g/mol. The molecule has 2 aliphatic heterocycles. The second-order valence-corrected chi connectivity index (χ2v) is 8.01. The van der Waals surface area contributed by atoms with E-state index in [0.717, 1.165) is 57.6 Å². The van der Waals surface area contributed by atoms with E-state index in [4.69, 9.17) is 0 Å². The fraction of sp³-hybridized carbons (Fsp3) is 0.778. The van der Waals surface area contributed by atoms with Crippen LogP contribution in [0.3, 0.4) is 0 Å². The minimum Gasteiger partial charge on any atom is -0.342 e. The second kappa shape index (κ2) is 6.42. The van der Waals surface area contributed by atoms with Gasteiger partial charge in [0, 0.05) is 50.4 Å². The van der Waals surface area contributed by atoms with Crippen LogP contribution in [0.15, 0.2) is 0 Å². The smallest absolute Gasteiger partial charge is 0.223 e. The van der Waals surface area contributed by atoms with Crippen LogP contribution in [0.2, 0.25) is 0 Å². The molecule has 7 heteroatoms. The molecule has 7 nitrogen and oxygen atoms in total. The lowest BCUT2D eigenvalue weighted by Gasteiger charge is -2.48. The summed E-state index contributed by atoms with van der Waals surface area (Å²) < 4.78 is 0. The molecule has 3 fully saturated rings. The van der Waals surface area contributed by atoms with Crippen molar-refractivity contribution in [2.24, 2.45) is 5.41 Å². The molecule has 1 aliphatic carbocycles. The lowest BCUT2D eigenvalue weighted by Crippen LogP contribution is -2.55. The number of nitrogens with zero attached hydrogens (tertiary/aromatic N) is 4. The summed E-state index contributed by atoms with van der Waals surface area (Å²) in [4.78, 5) is 33.3. The van der Waals surface area contributed by atoms with Crippen molar-refractivity contribution in [1.82, 2.24) is 25.0 Å². The van der Waals surface area contributed by atoms with Crippen LogP contribution in [-0.2, 0) is 16.0 Å². The number of aromatic amines is 1. The average Bonchev–Trinajstić information content (AvgIpc) is 3.37. The van der Waals surface area contributed by atoms with Crippen molar-refractivity contribution >= 4 is 11.8 Å². The van der Waals surface area contributed by atoms with Gasteiger partial charge in [0.15, 0.2) is 5.82 Å². The minimum atomic E-state index is 0.117. The molecule has 3 aliphatic rings. The maximum Gasteiger partial charge on any atom is 0.223 e. The Morgan fingerprint density at radius 2 is 2.16 bits per heavy atom. The van der Waals surface area contributed by atoms with Gasteiger partial charge in [0.1, 0.15) is 5.82 Å². The molecular weight excluding hydrogens is 318 g/mol. The second-order valence-electron chi connectivity index (χ2n) is 8.01. The molecule has 1 atom stereocenters. The first-order chi connectivity index (χ1) is 12.0. The number of amides is 2. The van der Waals surface area contributed by atoms with Gasteiger partial charge in [0.2, 0.25) is 11.8 Å². The fourth-order valence-corrected chi connectivity index (χ4v) is 4.39. The number of nitrogens with one attached hydrogen (secondary N) is 1. The van der Waals surface area contributed by atoms with Gasteiger partial charge in [-0.15, -0.1) is 0 Å². The SMILES string of the molecule is Cc1nc(CCC(=O)N2CCC[C@@]3(CCC(=O)N(C4CC4)C3)C2)n[nH]1. The number of likely N-dealkylation sites (tertiary alicyclic amines) is 2. The highest BCUT2D eigenvalue weighted by Gasteiger charge is 2.46. The van der Waals surface area contributed by atoms with Gasteiger partial charge in [-0.25, -0.2) is 4.98 Å². The Kier molecular flexibility index (Phi) is 4.25. The van der Waals surface area contributed by atoms with Crippen LogP contribution in [0.5, 0.6) is 0 Å². The molecule has 0 radical (unpaired) electrons. The number of aryl methyl sites for hydroxylation is 2. The van der Waals surface area contributed by atoms with E-state index >= 15 is 0 Å². The molecule has 25 heavy (non-hydrogen) atoms. The number of aromatic nitrogens is 3. The van der Waals surface area contributed by atoms with Gasteiger partial charge in [-0.1, -0.05) is 0 Å². The molecular formula is C18H27N5O2. The molecule has 0 unspecified atom stereocenters. The molecule has 3 heterocycles. The molecule has 2 saturated heterocycles. The maximum atomic E-state index is 12.7. The van der Waals surface area contributed by atoms with E-state index in [0.29, 0.717) is 37.0 Å². The van der Waals surface area contributed by atoms with Crippen molar-refractivity contribution < 1.29 is 9.59 Å². The van der Waals surface area contributed by atoms with Crippen LogP contribution in [0.4, 0.5) is 0 Å². The third kappa shape index (κ3) is 3.55. The molecule has 136 valence electrons. The Bertz CT molecular complexity index is 668. The highest BCUT2D eigenvalue weighted by Crippen LogP contribution is 2.42. The third-order valence-electron chi connectivity index (χ3n) is 5.90. The van der Waals surface area contributed by atoms with E-state index in [1.807, 2.05) is 11.8 Å². The number of carbonyl (C=O) groups is 2. The standard InChI is InChI=1S/C18H27N5O2/c1-13-19-15(21-20-13)5-6-16(24)22-10-2-8-18(11-22)9-7-17(25)23(12-18)14-3-4-14/h14H,2-12H2,1H3,(H,19,20,21)/t18-/m1/s1. The summed E-state index contributed by atoms with van der Waals surface area (Å²) in [6.45, 7) is 4.35. The van der Waals surface area contributed by atoms with E-state index in [1.165, 1.54) is 0 Å². The Labute approximate surface area is 148 Å². The lowest BCUT2D eigenvalue weighted by atomic mass is 9.73. The molecule has 1 N–H and O–H groups in total. The molecule has 0 bridgehead atoms. The first kappa shape index (κ1) is 16.5. The number of hydrogen-bond donors (Lipinski definition) is 1. The molecule has 1 saturated carbocycles. The zero-order chi connectivity index (χ0) is 17.4. The predicted octanol–water partition coefficient (Wildman–Crippen LogP) is 1.44. The first-order valence-electron chi connectivity index (χ1n) is 9.50. The predicted molar refractivity (Wildman–Crippen MR) is 91.7 cm³/mol. The molecule has 1 aromatic rings. The summed E-state index contributed by atoms with van der Waals surface area (Å²) in [5.74, 6) is 2.00. The van der Waals surface area contributed by atoms with E-state index in [9.17, 15) is 9.59 Å². The summed E-state index contributed by atoms with van der Waals surface area (Å²) in [6.07, 6.45) is 7.10. The van der Waals surface area contributed by atoms with Crippen molar-refractivity contribution in [2.75, 3.05) is 19.6 Å². The van der Waals surface area contributed by atoms with Gasteiger partial charge >= 0.3 is 0 Å². The van der Waals surface area contributed by atoms with Crippen molar-refractivity contribution in [3.63, 3.8) is 0 Å². The van der Waals surface area contributed by atoms with Gasteiger partial charge in [-0.2, -0.15) is 5.10 Å². The van der Waals surface area contributed by atoms with Crippen LogP contribution in [0.25, 0.3) is 0 Å². The van der Waals surface area contributed by atoms with Gasteiger partial charge < -0.3 is 9.80 Å². The average molecular weight is 345 g/mol. The Morgan fingerprint density at radius 1 is 1.32 bits per heavy atom. The largest absolute Gasteiger partial charge is 0.342 e. The number of piperidine rings is 2. The number of rotatable bonds is 4.